The van der Waals surface area contributed by atoms with Crippen LogP contribution in [0.25, 0.3) is 0 Å². The third-order valence-corrected chi connectivity index (χ3v) is 3.65. The number of benzene rings is 2. The van der Waals surface area contributed by atoms with Gasteiger partial charge in [0.25, 0.3) is 0 Å². The molecule has 2 aromatic rings. The minimum atomic E-state index is -0.148. The molecule has 0 bridgehead atoms. The van der Waals surface area contributed by atoms with Crippen molar-refractivity contribution in [2.24, 2.45) is 0 Å². The first kappa shape index (κ1) is 16.6. The van der Waals surface area contributed by atoms with E-state index in [1.165, 1.54) is 0 Å². The molecule has 0 saturated heterocycles. The van der Waals surface area contributed by atoms with Crippen LogP contribution in [0, 0.1) is 0 Å². The predicted molar refractivity (Wildman–Crippen MR) is 93.9 cm³/mol. The number of hydrogen-bond acceptors (Lipinski definition) is 3. The number of halogens is 2. The molecule has 0 saturated carbocycles. The van der Waals surface area contributed by atoms with Crippen LogP contribution >= 0.6 is 27.5 Å². The van der Waals surface area contributed by atoms with Gasteiger partial charge in [0, 0.05) is 10.2 Å². The van der Waals surface area contributed by atoms with Gasteiger partial charge in [-0.2, -0.15) is 0 Å². The monoisotopic (exact) mass is 382 g/mol. The van der Waals surface area contributed by atoms with E-state index >= 15 is 0 Å². The Bertz CT molecular complexity index is 647. The molecule has 0 atom stereocenters. The summed E-state index contributed by atoms with van der Waals surface area (Å²) in [5.74, 6) is 0.410. The summed E-state index contributed by atoms with van der Waals surface area (Å²) in [5.41, 5.74) is 1.44. The normalized spacial score (nSPS) is 10.1. The fourth-order valence-electron chi connectivity index (χ4n) is 1.85. The fourth-order valence-corrected chi connectivity index (χ4v) is 2.35. The van der Waals surface area contributed by atoms with Crippen LogP contribution in [-0.4, -0.2) is 19.1 Å². The summed E-state index contributed by atoms with van der Waals surface area (Å²) in [6.45, 7) is 2.51. The maximum Gasteiger partial charge on any atom is 0.243 e. The van der Waals surface area contributed by atoms with Crippen molar-refractivity contribution in [3.8, 4) is 5.75 Å². The second kappa shape index (κ2) is 8.06. The van der Waals surface area contributed by atoms with E-state index in [4.69, 9.17) is 16.3 Å². The molecule has 0 radical (unpaired) electrons. The molecule has 0 aliphatic rings. The number of carbonyl (C=O) groups excluding carboxylic acids is 1. The molecule has 6 heteroatoms. The molecule has 0 spiro atoms. The molecule has 0 heterocycles. The average molecular weight is 384 g/mol. The van der Waals surface area contributed by atoms with Gasteiger partial charge in [-0.05, 0) is 43.3 Å². The number of anilines is 2. The highest BCUT2D eigenvalue weighted by atomic mass is 79.9. The Morgan fingerprint density at radius 3 is 2.64 bits per heavy atom. The lowest BCUT2D eigenvalue weighted by molar-refractivity contribution is -0.114. The van der Waals surface area contributed by atoms with Crippen molar-refractivity contribution in [1.29, 1.82) is 0 Å². The van der Waals surface area contributed by atoms with E-state index in [0.717, 1.165) is 10.2 Å². The van der Waals surface area contributed by atoms with Crippen LogP contribution in [0.15, 0.2) is 46.9 Å². The summed E-state index contributed by atoms with van der Waals surface area (Å²) in [5, 5.41) is 6.36. The van der Waals surface area contributed by atoms with Crippen molar-refractivity contribution in [2.75, 3.05) is 23.8 Å². The summed E-state index contributed by atoms with van der Waals surface area (Å²) in [4.78, 5) is 12.0. The molecule has 0 unspecified atom stereocenters. The van der Waals surface area contributed by atoms with Crippen LogP contribution in [0.2, 0.25) is 5.02 Å². The summed E-state index contributed by atoms with van der Waals surface area (Å²) in [6, 6.07) is 12.8. The van der Waals surface area contributed by atoms with E-state index in [1.807, 2.05) is 37.3 Å². The first-order valence-corrected chi connectivity index (χ1v) is 7.98. The predicted octanol–water partition coefficient (Wildman–Crippen LogP) is 4.55. The first-order chi connectivity index (χ1) is 10.6. The van der Waals surface area contributed by atoms with Crippen molar-refractivity contribution in [3.63, 3.8) is 0 Å². The van der Waals surface area contributed by atoms with Gasteiger partial charge in [0.15, 0.2) is 5.75 Å². The Labute approximate surface area is 142 Å². The van der Waals surface area contributed by atoms with E-state index in [9.17, 15) is 4.79 Å². The molecule has 0 fully saturated rings. The van der Waals surface area contributed by atoms with Gasteiger partial charge in [-0.1, -0.05) is 33.6 Å². The Hall–Kier alpha value is -1.72. The molecular weight excluding hydrogens is 368 g/mol. The van der Waals surface area contributed by atoms with Crippen molar-refractivity contribution < 1.29 is 9.53 Å². The van der Waals surface area contributed by atoms with Crippen LogP contribution in [0.4, 0.5) is 11.4 Å². The number of amides is 1. The van der Waals surface area contributed by atoms with Crippen LogP contribution in [0.5, 0.6) is 5.75 Å². The van der Waals surface area contributed by atoms with Gasteiger partial charge in [-0.25, -0.2) is 0 Å². The second-order valence-corrected chi connectivity index (χ2v) is 5.78. The Morgan fingerprint density at radius 1 is 1.23 bits per heavy atom. The summed E-state index contributed by atoms with van der Waals surface area (Å²) >= 11 is 9.45. The zero-order chi connectivity index (χ0) is 15.9. The van der Waals surface area contributed by atoms with Crippen LogP contribution in [-0.2, 0) is 4.79 Å². The second-order valence-electron chi connectivity index (χ2n) is 4.46. The quantitative estimate of drug-likeness (QED) is 0.769. The smallest absolute Gasteiger partial charge is 0.243 e. The van der Waals surface area contributed by atoms with Crippen molar-refractivity contribution in [3.05, 3.63) is 52.0 Å². The maximum atomic E-state index is 12.0. The Kier molecular flexibility index (Phi) is 6.10. The Balaban J connectivity index is 1.96. The van der Waals surface area contributed by atoms with E-state index in [0.29, 0.717) is 23.1 Å². The molecule has 4 nitrogen and oxygen atoms in total. The Morgan fingerprint density at radius 2 is 1.95 bits per heavy atom. The molecule has 0 aliphatic carbocycles. The first-order valence-electron chi connectivity index (χ1n) is 6.80. The lowest BCUT2D eigenvalue weighted by Crippen LogP contribution is -2.22. The summed E-state index contributed by atoms with van der Waals surface area (Å²) < 4.78 is 6.46. The van der Waals surface area contributed by atoms with Gasteiger partial charge in [-0.15, -0.1) is 0 Å². The van der Waals surface area contributed by atoms with Gasteiger partial charge in [0.1, 0.15) is 0 Å². The van der Waals surface area contributed by atoms with Gasteiger partial charge in [0.2, 0.25) is 5.91 Å². The summed E-state index contributed by atoms with van der Waals surface area (Å²) in [6.07, 6.45) is 0. The van der Waals surface area contributed by atoms with E-state index in [2.05, 4.69) is 26.6 Å². The summed E-state index contributed by atoms with van der Waals surface area (Å²) in [7, 11) is 0. The van der Waals surface area contributed by atoms with Crippen LogP contribution in [0.1, 0.15) is 6.92 Å². The zero-order valence-corrected chi connectivity index (χ0v) is 14.4. The molecule has 0 aliphatic heterocycles. The largest absolute Gasteiger partial charge is 0.490 e. The number of hydrogen-bond donors (Lipinski definition) is 2. The number of rotatable bonds is 6. The van der Waals surface area contributed by atoms with Crippen molar-refractivity contribution in [1.82, 2.24) is 0 Å². The molecular formula is C16H16BrClN2O2. The van der Waals surface area contributed by atoms with E-state index < -0.39 is 0 Å². The van der Waals surface area contributed by atoms with Gasteiger partial charge in [-0.3, -0.25) is 4.79 Å². The zero-order valence-electron chi connectivity index (χ0n) is 12.0. The van der Waals surface area contributed by atoms with Gasteiger partial charge >= 0.3 is 0 Å². The molecule has 116 valence electrons. The third kappa shape index (κ3) is 4.64. The SMILES string of the molecule is CCOc1c(Cl)cccc1NCC(=O)Nc1ccc(Br)cc1. The molecule has 0 aromatic heterocycles. The fraction of sp³-hybridized carbons (Fsp3) is 0.188. The highest BCUT2D eigenvalue weighted by molar-refractivity contribution is 9.10. The number of ether oxygens (including phenoxy) is 1. The lowest BCUT2D eigenvalue weighted by Gasteiger charge is -2.13. The molecule has 22 heavy (non-hydrogen) atoms. The minimum absolute atomic E-state index is 0.122. The topological polar surface area (TPSA) is 50.4 Å². The lowest BCUT2D eigenvalue weighted by atomic mass is 10.3. The van der Waals surface area contributed by atoms with Crippen molar-refractivity contribution >= 4 is 44.8 Å². The van der Waals surface area contributed by atoms with E-state index in [1.54, 1.807) is 12.1 Å². The number of nitrogens with one attached hydrogen (secondary N) is 2. The average Bonchev–Trinajstić information content (AvgIpc) is 2.50. The van der Waals surface area contributed by atoms with Gasteiger partial charge in [0.05, 0.1) is 23.9 Å². The molecule has 2 rings (SSSR count). The maximum absolute atomic E-state index is 12.0. The molecule has 1 amide bonds. The van der Waals surface area contributed by atoms with E-state index in [-0.39, 0.29) is 12.5 Å². The number of para-hydroxylation sites is 1. The number of carbonyl (C=O) groups is 1. The third-order valence-electron chi connectivity index (χ3n) is 2.82. The highest BCUT2D eigenvalue weighted by Crippen LogP contribution is 2.32. The van der Waals surface area contributed by atoms with Crippen molar-refractivity contribution in [2.45, 2.75) is 6.92 Å². The van der Waals surface area contributed by atoms with Crippen LogP contribution in [0.3, 0.4) is 0 Å². The highest BCUT2D eigenvalue weighted by Gasteiger charge is 2.09. The minimum Gasteiger partial charge on any atom is -0.490 e. The molecule has 2 N–H and O–H groups in total. The standard InChI is InChI=1S/C16H16BrClN2O2/c1-2-22-16-13(18)4-3-5-14(16)19-10-15(21)20-12-8-6-11(17)7-9-12/h3-9,19H,2,10H2,1H3,(H,20,21). The van der Waals surface area contributed by atoms with Crippen LogP contribution < -0.4 is 15.4 Å². The molecule has 2 aromatic carbocycles. The van der Waals surface area contributed by atoms with Gasteiger partial charge < -0.3 is 15.4 Å².